The van der Waals surface area contributed by atoms with E-state index in [0.29, 0.717) is 18.9 Å². The maximum atomic E-state index is 12.5. The van der Waals surface area contributed by atoms with E-state index in [1.54, 1.807) is 18.1 Å². The molecule has 0 bridgehead atoms. The SMILES string of the molecule is CC(C)C1=NO[C@@H](C(=O)N(C)Cc2ccc3ncccc3c2)C1. The summed E-state index contributed by atoms with van der Waals surface area (Å²) in [6.07, 6.45) is 1.88. The zero-order valence-corrected chi connectivity index (χ0v) is 13.7. The molecule has 2 heterocycles. The van der Waals surface area contributed by atoms with Crippen LogP contribution in [0.4, 0.5) is 0 Å². The van der Waals surface area contributed by atoms with Crippen LogP contribution in [0.15, 0.2) is 41.7 Å². The van der Waals surface area contributed by atoms with Gasteiger partial charge in [-0.2, -0.15) is 0 Å². The quantitative estimate of drug-likeness (QED) is 0.872. The summed E-state index contributed by atoms with van der Waals surface area (Å²) < 4.78 is 0. The monoisotopic (exact) mass is 311 g/mol. The molecule has 1 atom stereocenters. The van der Waals surface area contributed by atoms with Crippen LogP contribution in [0.3, 0.4) is 0 Å². The minimum Gasteiger partial charge on any atom is -0.382 e. The van der Waals surface area contributed by atoms with E-state index in [2.05, 4.69) is 30.1 Å². The van der Waals surface area contributed by atoms with Crippen LogP contribution in [-0.2, 0) is 16.2 Å². The molecular formula is C18H21N3O2. The second-order valence-corrected chi connectivity index (χ2v) is 6.26. The summed E-state index contributed by atoms with van der Waals surface area (Å²) in [7, 11) is 1.80. The van der Waals surface area contributed by atoms with E-state index < -0.39 is 6.10 Å². The number of hydrogen-bond acceptors (Lipinski definition) is 4. The first kappa shape index (κ1) is 15.5. The van der Waals surface area contributed by atoms with E-state index in [1.807, 2.05) is 24.3 Å². The van der Waals surface area contributed by atoms with Crippen LogP contribution in [0.25, 0.3) is 10.9 Å². The van der Waals surface area contributed by atoms with E-state index in [9.17, 15) is 4.79 Å². The molecule has 3 rings (SSSR count). The number of rotatable bonds is 4. The second-order valence-electron chi connectivity index (χ2n) is 6.26. The summed E-state index contributed by atoms with van der Waals surface area (Å²) in [5.41, 5.74) is 2.98. The lowest BCUT2D eigenvalue weighted by atomic mass is 10.0. The van der Waals surface area contributed by atoms with E-state index in [4.69, 9.17) is 4.84 Å². The predicted octanol–water partition coefficient (Wildman–Crippen LogP) is 2.99. The number of nitrogens with zero attached hydrogens (tertiary/aromatic N) is 3. The van der Waals surface area contributed by atoms with Crippen molar-refractivity contribution >= 4 is 22.5 Å². The van der Waals surface area contributed by atoms with Gasteiger partial charge in [0.15, 0.2) is 0 Å². The van der Waals surface area contributed by atoms with Crippen molar-refractivity contribution in [3.05, 3.63) is 42.1 Å². The minimum atomic E-state index is -0.487. The van der Waals surface area contributed by atoms with Crippen molar-refractivity contribution in [2.75, 3.05) is 7.05 Å². The fourth-order valence-corrected chi connectivity index (χ4v) is 2.69. The van der Waals surface area contributed by atoms with Crippen molar-refractivity contribution in [3.63, 3.8) is 0 Å². The predicted molar refractivity (Wildman–Crippen MR) is 90.0 cm³/mol. The average Bonchev–Trinajstić information content (AvgIpc) is 3.04. The zero-order chi connectivity index (χ0) is 16.4. The van der Waals surface area contributed by atoms with Gasteiger partial charge < -0.3 is 9.74 Å². The van der Waals surface area contributed by atoms with Crippen molar-refractivity contribution in [1.82, 2.24) is 9.88 Å². The van der Waals surface area contributed by atoms with E-state index in [-0.39, 0.29) is 5.91 Å². The molecule has 5 nitrogen and oxygen atoms in total. The summed E-state index contributed by atoms with van der Waals surface area (Å²) >= 11 is 0. The first-order chi connectivity index (χ1) is 11.0. The smallest absolute Gasteiger partial charge is 0.266 e. The molecule has 0 radical (unpaired) electrons. The fourth-order valence-electron chi connectivity index (χ4n) is 2.69. The molecule has 2 aromatic rings. The third-order valence-corrected chi connectivity index (χ3v) is 4.10. The molecule has 23 heavy (non-hydrogen) atoms. The van der Waals surface area contributed by atoms with E-state index in [0.717, 1.165) is 22.2 Å². The van der Waals surface area contributed by atoms with Gasteiger partial charge in [0.1, 0.15) is 0 Å². The number of carbonyl (C=O) groups is 1. The number of pyridine rings is 1. The topological polar surface area (TPSA) is 54.8 Å². The van der Waals surface area contributed by atoms with Crippen LogP contribution in [0.5, 0.6) is 0 Å². The molecule has 0 fully saturated rings. The molecule has 1 aliphatic heterocycles. The van der Waals surface area contributed by atoms with Gasteiger partial charge in [0, 0.05) is 31.6 Å². The molecule has 0 aliphatic carbocycles. The number of benzene rings is 1. The van der Waals surface area contributed by atoms with Crippen LogP contribution in [-0.4, -0.2) is 34.7 Å². The highest BCUT2D eigenvalue weighted by Crippen LogP contribution is 2.19. The number of carbonyl (C=O) groups excluding carboxylic acids is 1. The Hall–Kier alpha value is -2.43. The van der Waals surface area contributed by atoms with Gasteiger partial charge in [0.2, 0.25) is 6.10 Å². The van der Waals surface area contributed by atoms with Crippen LogP contribution >= 0.6 is 0 Å². The highest BCUT2D eigenvalue weighted by molar-refractivity contribution is 5.93. The molecule has 1 aromatic heterocycles. The van der Waals surface area contributed by atoms with Gasteiger partial charge >= 0.3 is 0 Å². The van der Waals surface area contributed by atoms with E-state index in [1.165, 1.54) is 0 Å². The summed E-state index contributed by atoms with van der Waals surface area (Å²) in [6.45, 7) is 4.66. The Balaban J connectivity index is 1.66. The Kier molecular flexibility index (Phi) is 4.28. The minimum absolute atomic E-state index is 0.0318. The Morgan fingerprint density at radius 3 is 2.96 bits per heavy atom. The molecular weight excluding hydrogens is 290 g/mol. The Morgan fingerprint density at radius 2 is 2.22 bits per heavy atom. The molecule has 5 heteroatoms. The Morgan fingerprint density at radius 1 is 1.39 bits per heavy atom. The molecule has 0 N–H and O–H groups in total. The summed E-state index contributed by atoms with van der Waals surface area (Å²) in [5, 5.41) is 5.11. The van der Waals surface area contributed by atoms with Crippen LogP contribution in [0.2, 0.25) is 0 Å². The number of hydrogen-bond donors (Lipinski definition) is 0. The molecule has 1 aliphatic rings. The number of fused-ring (bicyclic) bond motifs is 1. The van der Waals surface area contributed by atoms with Gasteiger partial charge in [-0.05, 0) is 29.7 Å². The second kappa shape index (κ2) is 6.36. The molecule has 0 unspecified atom stereocenters. The molecule has 1 aromatic carbocycles. The van der Waals surface area contributed by atoms with Crippen molar-refractivity contribution < 1.29 is 9.63 Å². The zero-order valence-electron chi connectivity index (χ0n) is 13.7. The van der Waals surface area contributed by atoms with Gasteiger partial charge in [-0.25, -0.2) is 0 Å². The fraction of sp³-hybridized carbons (Fsp3) is 0.389. The van der Waals surface area contributed by atoms with Crippen LogP contribution in [0, 0.1) is 5.92 Å². The highest BCUT2D eigenvalue weighted by Gasteiger charge is 2.31. The normalized spacial score (nSPS) is 17.2. The standard InChI is InChI=1S/C18H21N3O2/c1-12(2)16-10-17(23-20-16)18(22)21(3)11-13-6-7-15-14(9-13)5-4-8-19-15/h4-9,12,17H,10-11H2,1-3H3/t17-/m1/s1. The number of aromatic nitrogens is 1. The van der Waals surface area contributed by atoms with Gasteiger partial charge in [-0.3, -0.25) is 9.78 Å². The van der Waals surface area contributed by atoms with Crippen LogP contribution in [0.1, 0.15) is 25.8 Å². The average molecular weight is 311 g/mol. The Bertz CT molecular complexity index is 755. The van der Waals surface area contributed by atoms with Crippen molar-refractivity contribution in [2.45, 2.75) is 32.9 Å². The molecule has 0 spiro atoms. The third kappa shape index (κ3) is 3.33. The lowest BCUT2D eigenvalue weighted by molar-refractivity contribution is -0.141. The van der Waals surface area contributed by atoms with Crippen molar-refractivity contribution in [2.24, 2.45) is 11.1 Å². The van der Waals surface area contributed by atoms with Gasteiger partial charge in [0.05, 0.1) is 11.2 Å². The molecule has 120 valence electrons. The third-order valence-electron chi connectivity index (χ3n) is 4.10. The molecule has 0 saturated carbocycles. The molecule has 0 saturated heterocycles. The summed E-state index contributed by atoms with van der Waals surface area (Å²) in [4.78, 5) is 23.8. The van der Waals surface area contributed by atoms with Crippen molar-refractivity contribution in [1.29, 1.82) is 0 Å². The largest absolute Gasteiger partial charge is 0.382 e. The van der Waals surface area contributed by atoms with Crippen molar-refractivity contribution in [3.8, 4) is 0 Å². The number of amides is 1. The summed E-state index contributed by atoms with van der Waals surface area (Å²) in [5.74, 6) is 0.279. The number of likely N-dealkylation sites (N-methyl/N-ethyl adjacent to an activating group) is 1. The maximum Gasteiger partial charge on any atom is 0.266 e. The lowest BCUT2D eigenvalue weighted by Gasteiger charge is -2.20. The maximum absolute atomic E-state index is 12.5. The van der Waals surface area contributed by atoms with E-state index >= 15 is 0 Å². The first-order valence-electron chi connectivity index (χ1n) is 7.86. The lowest BCUT2D eigenvalue weighted by Crippen LogP contribution is -2.36. The summed E-state index contributed by atoms with van der Waals surface area (Å²) in [6, 6.07) is 9.99. The van der Waals surface area contributed by atoms with Gasteiger partial charge in [-0.1, -0.05) is 31.1 Å². The Labute approximate surface area is 135 Å². The highest BCUT2D eigenvalue weighted by atomic mass is 16.6. The van der Waals surface area contributed by atoms with Gasteiger partial charge in [0.25, 0.3) is 5.91 Å². The first-order valence-corrected chi connectivity index (χ1v) is 7.86. The molecule has 1 amide bonds. The van der Waals surface area contributed by atoms with Crippen LogP contribution < -0.4 is 0 Å². The number of oxime groups is 1. The van der Waals surface area contributed by atoms with Gasteiger partial charge in [-0.15, -0.1) is 0 Å².